The topological polar surface area (TPSA) is 0 Å². The van der Waals surface area contributed by atoms with Crippen molar-refractivity contribution in [3.63, 3.8) is 0 Å². The second-order valence-electron chi connectivity index (χ2n) is 9.46. The average Bonchev–Trinajstić information content (AvgIpc) is 2.83. The molecule has 3 aromatic rings. The number of benzene rings is 3. The van der Waals surface area contributed by atoms with E-state index >= 15 is 0 Å². The first-order valence-corrected chi connectivity index (χ1v) is 20.8. The number of halogens is 4. The fraction of sp³-hybridized carbons (Fsp3) is 0.357. The fourth-order valence-electron chi connectivity index (χ4n) is 4.86. The Kier molecular flexibility index (Phi) is 10.2. The molecule has 6 heteroatoms. The Morgan fingerprint density at radius 2 is 1.09 bits per heavy atom. The van der Waals surface area contributed by atoms with E-state index in [4.69, 9.17) is 44.3 Å². The number of aryl methyl sites for hydroxylation is 1. The molecule has 0 saturated carbocycles. The highest BCUT2D eigenvalue weighted by Crippen LogP contribution is 2.49. The molecule has 0 saturated heterocycles. The van der Waals surface area contributed by atoms with Gasteiger partial charge < -0.3 is 0 Å². The van der Waals surface area contributed by atoms with Crippen molar-refractivity contribution in [3.05, 3.63) is 107 Å². The molecule has 3 aromatic carbocycles. The molecule has 0 aromatic heterocycles. The zero-order valence-electron chi connectivity index (χ0n) is 20.2. The summed E-state index contributed by atoms with van der Waals surface area (Å²) in [6.07, 6.45) is 0.929. The Bertz CT molecular complexity index is 1020. The van der Waals surface area contributed by atoms with Crippen LogP contribution >= 0.6 is 44.3 Å². The lowest BCUT2D eigenvalue weighted by atomic mass is 10.0. The van der Waals surface area contributed by atoms with Crippen LogP contribution in [-0.2, 0) is 6.42 Å². The minimum Gasteiger partial charge on any atom is -0.146 e. The molecule has 0 heterocycles. The molecule has 3 rings (SSSR count). The Hall–Kier alpha value is -0.746. The Balaban J connectivity index is 1.90. The third-order valence-electron chi connectivity index (χ3n) is 6.74. The molecule has 182 valence electrons. The van der Waals surface area contributed by atoms with E-state index in [1.165, 1.54) is 22.3 Å². The molecule has 0 aliphatic carbocycles. The van der Waals surface area contributed by atoms with Gasteiger partial charge in [0.25, 0.3) is 13.4 Å². The fourth-order valence-corrected chi connectivity index (χ4v) is 17.9. The SMILES string of the molecule is CCc1ccccc1C(C[Si](Cl)(Cl)CC(C)c1ccccc1)[Si](Cl)(Cl)CC(C)c1ccccc1. The van der Waals surface area contributed by atoms with Gasteiger partial charge in [0.05, 0.1) is 0 Å². The van der Waals surface area contributed by atoms with Crippen LogP contribution in [0.15, 0.2) is 84.9 Å². The number of hydrogen-bond acceptors (Lipinski definition) is 0. The highest BCUT2D eigenvalue weighted by molar-refractivity contribution is 7.48. The maximum atomic E-state index is 7.38. The maximum Gasteiger partial charge on any atom is 0.258 e. The highest BCUT2D eigenvalue weighted by atomic mass is 35.7. The van der Waals surface area contributed by atoms with Crippen LogP contribution in [0.4, 0.5) is 0 Å². The van der Waals surface area contributed by atoms with E-state index < -0.39 is 13.4 Å². The Morgan fingerprint density at radius 3 is 1.62 bits per heavy atom. The third-order valence-corrected chi connectivity index (χ3v) is 16.4. The Morgan fingerprint density at radius 1 is 0.618 bits per heavy atom. The van der Waals surface area contributed by atoms with E-state index in [-0.39, 0.29) is 17.4 Å². The number of rotatable bonds is 11. The summed E-state index contributed by atoms with van der Waals surface area (Å²) in [5, 5.41) is 0. The van der Waals surface area contributed by atoms with Gasteiger partial charge in [-0.25, -0.2) is 0 Å². The maximum absolute atomic E-state index is 7.38. The minimum absolute atomic E-state index is 0.0113. The van der Waals surface area contributed by atoms with Crippen LogP contribution < -0.4 is 0 Å². The van der Waals surface area contributed by atoms with Gasteiger partial charge in [0, 0.05) is 5.54 Å². The lowest BCUT2D eigenvalue weighted by Crippen LogP contribution is -2.37. The summed E-state index contributed by atoms with van der Waals surface area (Å²) in [6, 6.07) is 31.7. The van der Waals surface area contributed by atoms with E-state index in [0.29, 0.717) is 6.04 Å². The van der Waals surface area contributed by atoms with Gasteiger partial charge in [-0.2, -0.15) is 0 Å². The first-order valence-electron chi connectivity index (χ1n) is 12.1. The molecule has 34 heavy (non-hydrogen) atoms. The van der Waals surface area contributed by atoms with Crippen LogP contribution in [0.3, 0.4) is 0 Å². The lowest BCUT2D eigenvalue weighted by Gasteiger charge is -2.35. The zero-order chi connectivity index (χ0) is 24.8. The second-order valence-corrected chi connectivity index (χ2v) is 24.2. The van der Waals surface area contributed by atoms with Crippen LogP contribution in [0.25, 0.3) is 0 Å². The van der Waals surface area contributed by atoms with Gasteiger partial charge in [-0.15, -0.1) is 44.3 Å². The van der Waals surface area contributed by atoms with Crippen molar-refractivity contribution < 1.29 is 0 Å². The smallest absolute Gasteiger partial charge is 0.146 e. The molecule has 0 aliphatic rings. The third kappa shape index (κ3) is 7.62. The molecule has 3 atom stereocenters. The van der Waals surface area contributed by atoms with Crippen LogP contribution in [-0.4, -0.2) is 13.4 Å². The monoisotopic (exact) mass is 566 g/mol. The first kappa shape index (κ1) is 27.8. The summed E-state index contributed by atoms with van der Waals surface area (Å²) in [5.74, 6) is 0.555. The normalized spacial score (nSPS) is 15.0. The standard InChI is InChI=1S/C28H34Cl4Si2/c1-4-24-13-11-12-18-27(24)28(34(31,32)20-23(3)26-16-9-6-10-17-26)21-33(29,30)19-22(2)25-14-7-5-8-15-25/h5-18,22-23,28H,4,19-21H2,1-3H3. The van der Waals surface area contributed by atoms with Crippen LogP contribution in [0.2, 0.25) is 18.1 Å². The van der Waals surface area contributed by atoms with Gasteiger partial charge >= 0.3 is 0 Å². The van der Waals surface area contributed by atoms with Crippen molar-refractivity contribution in [3.8, 4) is 0 Å². The van der Waals surface area contributed by atoms with Gasteiger partial charge in [-0.05, 0) is 58.6 Å². The average molecular weight is 569 g/mol. The number of hydrogen-bond donors (Lipinski definition) is 0. The summed E-state index contributed by atoms with van der Waals surface area (Å²) in [5.41, 5.74) is 5.04. The summed E-state index contributed by atoms with van der Waals surface area (Å²) < 4.78 is 0. The summed E-state index contributed by atoms with van der Waals surface area (Å²) in [6.45, 7) is 1.15. The predicted octanol–water partition coefficient (Wildman–Crippen LogP) is 10.3. The Labute approximate surface area is 226 Å². The summed E-state index contributed by atoms with van der Waals surface area (Å²) >= 11 is 29.1. The quantitative estimate of drug-likeness (QED) is 0.159. The molecule has 0 amide bonds. The van der Waals surface area contributed by atoms with Gasteiger partial charge in [0.15, 0.2) is 0 Å². The predicted molar refractivity (Wildman–Crippen MR) is 158 cm³/mol. The van der Waals surface area contributed by atoms with Crippen molar-refractivity contribution in [2.75, 3.05) is 0 Å². The minimum atomic E-state index is -2.80. The van der Waals surface area contributed by atoms with Gasteiger partial charge in [0.1, 0.15) is 0 Å². The van der Waals surface area contributed by atoms with E-state index in [1.807, 2.05) is 12.1 Å². The van der Waals surface area contributed by atoms with Crippen molar-refractivity contribution in [2.24, 2.45) is 0 Å². The van der Waals surface area contributed by atoms with E-state index in [9.17, 15) is 0 Å². The van der Waals surface area contributed by atoms with Crippen LogP contribution in [0.1, 0.15) is 60.4 Å². The van der Waals surface area contributed by atoms with Crippen molar-refractivity contribution in [1.29, 1.82) is 0 Å². The summed E-state index contributed by atoms with van der Waals surface area (Å²) in [7, 11) is 0. The zero-order valence-corrected chi connectivity index (χ0v) is 25.2. The van der Waals surface area contributed by atoms with Crippen molar-refractivity contribution in [1.82, 2.24) is 0 Å². The van der Waals surface area contributed by atoms with E-state index in [1.54, 1.807) is 0 Å². The van der Waals surface area contributed by atoms with Gasteiger partial charge in [0.2, 0.25) is 0 Å². The molecule has 0 fully saturated rings. The van der Waals surface area contributed by atoms with Crippen molar-refractivity contribution >= 4 is 57.7 Å². The molecule has 0 spiro atoms. The van der Waals surface area contributed by atoms with Gasteiger partial charge in [-0.1, -0.05) is 106 Å². The molecule has 0 N–H and O–H groups in total. The first-order chi connectivity index (χ1) is 16.1. The summed E-state index contributed by atoms with van der Waals surface area (Å²) in [4.78, 5) is 0. The van der Waals surface area contributed by atoms with Crippen molar-refractivity contribution in [2.45, 2.75) is 62.7 Å². The molecule has 0 nitrogen and oxygen atoms in total. The van der Waals surface area contributed by atoms with Crippen LogP contribution in [0, 0.1) is 0 Å². The molecular formula is C28H34Cl4Si2. The highest BCUT2D eigenvalue weighted by Gasteiger charge is 2.47. The largest absolute Gasteiger partial charge is 0.258 e. The lowest BCUT2D eigenvalue weighted by molar-refractivity contribution is 0.826. The van der Waals surface area contributed by atoms with E-state index in [2.05, 4.69) is 93.6 Å². The van der Waals surface area contributed by atoms with E-state index in [0.717, 1.165) is 18.5 Å². The van der Waals surface area contributed by atoms with Crippen LogP contribution in [0.5, 0.6) is 0 Å². The molecule has 3 unspecified atom stereocenters. The molecule has 0 bridgehead atoms. The molecular weight excluding hydrogens is 534 g/mol. The molecule has 0 aliphatic heterocycles. The second kappa shape index (κ2) is 12.5. The molecule has 0 radical (unpaired) electrons. The van der Waals surface area contributed by atoms with Gasteiger partial charge in [-0.3, -0.25) is 0 Å².